The Morgan fingerprint density at radius 2 is 2.06 bits per heavy atom. The highest BCUT2D eigenvalue weighted by atomic mass is 19.1. The summed E-state index contributed by atoms with van der Waals surface area (Å²) >= 11 is 0. The number of halogens is 2. The summed E-state index contributed by atoms with van der Waals surface area (Å²) in [5.74, 6) is -2.51. The van der Waals surface area contributed by atoms with Gasteiger partial charge in [0.1, 0.15) is 23.3 Å². The molecule has 1 aromatic carbocycles. The van der Waals surface area contributed by atoms with Gasteiger partial charge >= 0.3 is 0 Å². The molecule has 0 aliphatic heterocycles. The van der Waals surface area contributed by atoms with Crippen LogP contribution in [-0.4, -0.2) is 24.8 Å². The molecule has 0 aliphatic carbocycles. The van der Waals surface area contributed by atoms with Crippen molar-refractivity contribution in [2.24, 2.45) is 0 Å². The third-order valence-electron chi connectivity index (χ3n) is 1.93. The Labute approximate surface area is 97.6 Å². The van der Waals surface area contributed by atoms with Crippen LogP contribution in [0.5, 0.6) is 0 Å². The first-order chi connectivity index (χ1) is 7.95. The van der Waals surface area contributed by atoms with Crippen molar-refractivity contribution in [3.63, 3.8) is 0 Å². The number of Topliss-reactive ketones (excluding diaryl/α,β-unsaturated/α-hetero) is 1. The van der Waals surface area contributed by atoms with Crippen molar-refractivity contribution in [2.45, 2.75) is 0 Å². The molecule has 0 spiro atoms. The fourth-order valence-corrected chi connectivity index (χ4v) is 1.22. The molecule has 0 fully saturated rings. The van der Waals surface area contributed by atoms with E-state index in [4.69, 9.17) is 5.26 Å². The Hall–Kier alpha value is -2.22. The Kier molecular flexibility index (Phi) is 3.94. The minimum absolute atomic E-state index is 0.208. The number of rotatable bonds is 3. The summed E-state index contributed by atoms with van der Waals surface area (Å²) in [7, 11) is 3.26. The van der Waals surface area contributed by atoms with Crippen molar-refractivity contribution in [3.05, 3.63) is 47.2 Å². The number of allylic oxidation sites excluding steroid dienone is 1. The molecule has 5 heteroatoms. The topological polar surface area (TPSA) is 44.1 Å². The van der Waals surface area contributed by atoms with E-state index >= 15 is 0 Å². The largest absolute Gasteiger partial charge is 0.382 e. The van der Waals surface area contributed by atoms with Gasteiger partial charge in [-0.25, -0.2) is 8.78 Å². The highest BCUT2D eigenvalue weighted by molar-refractivity contribution is 6.11. The smallest absolute Gasteiger partial charge is 0.207 e. The number of ketones is 1. The minimum atomic E-state index is -0.977. The molecule has 1 aromatic rings. The molecule has 88 valence electrons. The van der Waals surface area contributed by atoms with Crippen molar-refractivity contribution in [2.75, 3.05) is 14.1 Å². The van der Waals surface area contributed by atoms with Gasteiger partial charge in [-0.3, -0.25) is 4.79 Å². The van der Waals surface area contributed by atoms with Crippen molar-refractivity contribution < 1.29 is 13.6 Å². The van der Waals surface area contributed by atoms with Crippen LogP contribution in [0.1, 0.15) is 10.4 Å². The lowest BCUT2D eigenvalue weighted by atomic mass is 10.0. The third-order valence-corrected chi connectivity index (χ3v) is 1.93. The zero-order valence-corrected chi connectivity index (χ0v) is 9.37. The Balaban J connectivity index is 3.17. The predicted octanol–water partition coefficient (Wildman–Crippen LogP) is 2.12. The van der Waals surface area contributed by atoms with Crippen LogP contribution in [0, 0.1) is 23.0 Å². The SMILES string of the molecule is CN(C)C=C(C#N)C(=O)c1ccc(F)cc1F. The Bertz CT molecular complexity index is 516. The second-order valence-corrected chi connectivity index (χ2v) is 3.57. The van der Waals surface area contributed by atoms with Gasteiger partial charge in [-0.2, -0.15) is 5.26 Å². The van der Waals surface area contributed by atoms with E-state index in [1.807, 2.05) is 0 Å². The van der Waals surface area contributed by atoms with Crippen LogP contribution >= 0.6 is 0 Å². The molecule has 0 aromatic heterocycles. The number of hydrogen-bond acceptors (Lipinski definition) is 3. The maximum atomic E-state index is 13.3. The summed E-state index contributed by atoms with van der Waals surface area (Å²) in [6.45, 7) is 0. The van der Waals surface area contributed by atoms with Crippen molar-refractivity contribution in [1.82, 2.24) is 4.90 Å². The van der Waals surface area contributed by atoms with Gasteiger partial charge < -0.3 is 4.90 Å². The molecular formula is C12H10F2N2O. The molecule has 0 unspecified atom stereocenters. The lowest BCUT2D eigenvalue weighted by Gasteiger charge is -2.06. The predicted molar refractivity (Wildman–Crippen MR) is 58.1 cm³/mol. The molecule has 0 atom stereocenters. The minimum Gasteiger partial charge on any atom is -0.382 e. The highest BCUT2D eigenvalue weighted by Crippen LogP contribution is 2.14. The van der Waals surface area contributed by atoms with Gasteiger partial charge in [-0.05, 0) is 12.1 Å². The summed E-state index contributed by atoms with van der Waals surface area (Å²) in [6, 6.07) is 4.29. The first kappa shape index (κ1) is 12.8. The molecule has 0 amide bonds. The van der Waals surface area contributed by atoms with E-state index in [-0.39, 0.29) is 11.1 Å². The van der Waals surface area contributed by atoms with Gasteiger partial charge in [0, 0.05) is 26.4 Å². The molecule has 0 radical (unpaired) electrons. The van der Waals surface area contributed by atoms with Crippen LogP contribution in [0.3, 0.4) is 0 Å². The number of hydrogen-bond donors (Lipinski definition) is 0. The van der Waals surface area contributed by atoms with Gasteiger partial charge in [-0.1, -0.05) is 0 Å². The molecule has 17 heavy (non-hydrogen) atoms. The molecule has 3 nitrogen and oxygen atoms in total. The van der Waals surface area contributed by atoms with E-state index in [0.29, 0.717) is 6.07 Å². The number of carbonyl (C=O) groups is 1. The zero-order valence-electron chi connectivity index (χ0n) is 9.37. The van der Waals surface area contributed by atoms with Crippen molar-refractivity contribution in [3.8, 4) is 6.07 Å². The van der Waals surface area contributed by atoms with Gasteiger partial charge in [-0.15, -0.1) is 0 Å². The van der Waals surface area contributed by atoms with Crippen molar-refractivity contribution in [1.29, 1.82) is 5.26 Å². The first-order valence-electron chi connectivity index (χ1n) is 4.74. The quantitative estimate of drug-likeness (QED) is 0.458. The van der Waals surface area contributed by atoms with Crippen LogP contribution in [0.4, 0.5) is 8.78 Å². The van der Waals surface area contributed by atoms with Gasteiger partial charge in [0.15, 0.2) is 0 Å². The molecule has 0 N–H and O–H groups in total. The molecule has 0 heterocycles. The highest BCUT2D eigenvalue weighted by Gasteiger charge is 2.17. The number of nitriles is 1. The maximum Gasteiger partial charge on any atom is 0.207 e. The number of benzene rings is 1. The van der Waals surface area contributed by atoms with E-state index < -0.39 is 17.4 Å². The lowest BCUT2D eigenvalue weighted by molar-refractivity contribution is 0.103. The fourth-order valence-electron chi connectivity index (χ4n) is 1.22. The van der Waals surface area contributed by atoms with Crippen LogP contribution in [0.2, 0.25) is 0 Å². The second-order valence-electron chi connectivity index (χ2n) is 3.57. The van der Waals surface area contributed by atoms with E-state index in [0.717, 1.165) is 12.1 Å². The molecular weight excluding hydrogens is 226 g/mol. The average Bonchev–Trinajstić information content (AvgIpc) is 2.24. The average molecular weight is 236 g/mol. The normalized spacial score (nSPS) is 10.9. The number of carbonyl (C=O) groups excluding carboxylic acids is 1. The zero-order chi connectivity index (χ0) is 13.0. The molecule has 0 bridgehead atoms. The molecule has 0 saturated heterocycles. The Morgan fingerprint density at radius 3 is 2.53 bits per heavy atom. The summed E-state index contributed by atoms with van der Waals surface area (Å²) < 4.78 is 26.0. The van der Waals surface area contributed by atoms with Crippen LogP contribution < -0.4 is 0 Å². The summed E-state index contributed by atoms with van der Waals surface area (Å²) in [5, 5.41) is 8.79. The van der Waals surface area contributed by atoms with Gasteiger partial charge in [0.2, 0.25) is 5.78 Å². The standard InChI is InChI=1S/C12H10F2N2O/c1-16(2)7-8(6-15)12(17)10-4-3-9(13)5-11(10)14/h3-5,7H,1-2H3. The fraction of sp³-hybridized carbons (Fsp3) is 0.167. The second kappa shape index (κ2) is 5.21. The van der Waals surface area contributed by atoms with E-state index in [1.165, 1.54) is 11.1 Å². The first-order valence-corrected chi connectivity index (χ1v) is 4.74. The van der Waals surface area contributed by atoms with Crippen LogP contribution in [0.15, 0.2) is 30.0 Å². The van der Waals surface area contributed by atoms with Gasteiger partial charge in [0.05, 0.1) is 5.56 Å². The Morgan fingerprint density at radius 1 is 1.41 bits per heavy atom. The summed E-state index contributed by atoms with van der Waals surface area (Å²) in [6.07, 6.45) is 1.28. The molecule has 0 saturated carbocycles. The molecule has 1 rings (SSSR count). The number of nitrogens with zero attached hydrogens (tertiary/aromatic N) is 2. The summed E-state index contributed by atoms with van der Waals surface area (Å²) in [4.78, 5) is 13.3. The van der Waals surface area contributed by atoms with Crippen molar-refractivity contribution >= 4 is 5.78 Å². The van der Waals surface area contributed by atoms with Crippen LogP contribution in [-0.2, 0) is 0 Å². The summed E-state index contributed by atoms with van der Waals surface area (Å²) in [5.41, 5.74) is -0.526. The van der Waals surface area contributed by atoms with E-state index in [2.05, 4.69) is 0 Å². The maximum absolute atomic E-state index is 13.3. The van der Waals surface area contributed by atoms with E-state index in [9.17, 15) is 13.6 Å². The van der Waals surface area contributed by atoms with E-state index in [1.54, 1.807) is 20.2 Å². The third kappa shape index (κ3) is 3.11. The molecule has 0 aliphatic rings. The van der Waals surface area contributed by atoms with Crippen LogP contribution in [0.25, 0.3) is 0 Å². The van der Waals surface area contributed by atoms with Gasteiger partial charge in [0.25, 0.3) is 0 Å². The lowest BCUT2D eigenvalue weighted by Crippen LogP contribution is -2.10. The monoisotopic (exact) mass is 236 g/mol.